The molecule has 4 rings (SSSR count). The monoisotopic (exact) mass is 650 g/mol. The average molecular weight is 651 g/mol. The van der Waals surface area contributed by atoms with Crippen LogP contribution < -0.4 is 20.1 Å². The summed E-state index contributed by atoms with van der Waals surface area (Å²) in [5, 5.41) is 6.33. The minimum Gasteiger partial charge on any atom is -0.493 e. The Morgan fingerprint density at radius 3 is 2.50 bits per heavy atom. The highest BCUT2D eigenvalue weighted by Gasteiger charge is 2.27. The van der Waals surface area contributed by atoms with Gasteiger partial charge in [-0.2, -0.15) is 0 Å². The molecule has 1 aliphatic rings. The molecule has 1 atom stereocenters. The van der Waals surface area contributed by atoms with E-state index in [9.17, 15) is 4.79 Å². The van der Waals surface area contributed by atoms with Gasteiger partial charge >= 0.3 is 0 Å². The van der Waals surface area contributed by atoms with Crippen LogP contribution >= 0.6 is 50.3 Å². The van der Waals surface area contributed by atoms with Gasteiger partial charge in [0.15, 0.2) is 17.0 Å². The summed E-state index contributed by atoms with van der Waals surface area (Å²) in [4.78, 5) is 13.2. The van der Waals surface area contributed by atoms with Crippen molar-refractivity contribution in [3.63, 3.8) is 0 Å². The predicted molar refractivity (Wildman–Crippen MR) is 151 cm³/mol. The number of benzene rings is 3. The standard InChI is InChI=1S/C26H24BrIN2O3S/c1-3-16-6-10-20(11-7-16)29-26-30-25(31)23(34-26)14-18-12-21(27)24(22(13-18)32-2)33-15-17-4-8-19(28)9-5-17/h4-14,26,29H,3,15H2,1-2H3,(H,30,31)/b23-14-/t26-/m0/s1. The minimum absolute atomic E-state index is 0.109. The Bertz CT molecular complexity index is 1200. The number of carbonyl (C=O) groups excluding carboxylic acids is 1. The minimum atomic E-state index is -0.229. The van der Waals surface area contributed by atoms with Gasteiger partial charge in [0.1, 0.15) is 6.61 Å². The molecule has 1 saturated heterocycles. The lowest BCUT2D eigenvalue weighted by Gasteiger charge is -2.14. The largest absolute Gasteiger partial charge is 0.493 e. The molecule has 0 bridgehead atoms. The highest BCUT2D eigenvalue weighted by atomic mass is 127. The van der Waals surface area contributed by atoms with Crippen LogP contribution in [-0.2, 0) is 17.8 Å². The van der Waals surface area contributed by atoms with E-state index in [4.69, 9.17) is 9.47 Å². The zero-order valence-corrected chi connectivity index (χ0v) is 23.3. The number of anilines is 1. The van der Waals surface area contributed by atoms with Crippen molar-refractivity contribution >= 4 is 68.0 Å². The van der Waals surface area contributed by atoms with Gasteiger partial charge in [-0.15, -0.1) is 0 Å². The van der Waals surface area contributed by atoms with Crippen molar-refractivity contribution < 1.29 is 14.3 Å². The number of thioether (sulfide) groups is 1. The molecule has 1 heterocycles. The van der Waals surface area contributed by atoms with Gasteiger partial charge in [-0.1, -0.05) is 43.0 Å². The van der Waals surface area contributed by atoms with E-state index in [0.29, 0.717) is 23.0 Å². The Hall–Kier alpha value is -2.17. The first-order valence-corrected chi connectivity index (χ1v) is 13.5. The Labute approximate surface area is 226 Å². The van der Waals surface area contributed by atoms with Crippen molar-refractivity contribution in [1.29, 1.82) is 0 Å². The molecule has 8 heteroatoms. The summed E-state index contributed by atoms with van der Waals surface area (Å²) >= 11 is 7.33. The third kappa shape index (κ3) is 6.28. The van der Waals surface area contributed by atoms with Gasteiger partial charge in [0, 0.05) is 9.26 Å². The summed E-state index contributed by atoms with van der Waals surface area (Å²) in [6.07, 6.45) is 2.86. The number of nitrogens with one attached hydrogen (secondary N) is 2. The number of aryl methyl sites for hydroxylation is 1. The van der Waals surface area contributed by atoms with Gasteiger partial charge in [0.2, 0.25) is 0 Å². The second-order valence-corrected chi connectivity index (χ2v) is 10.9. The van der Waals surface area contributed by atoms with E-state index in [1.54, 1.807) is 7.11 Å². The van der Waals surface area contributed by atoms with Crippen LogP contribution in [0, 0.1) is 3.57 Å². The molecule has 0 unspecified atom stereocenters. The molecule has 0 aromatic heterocycles. The zero-order chi connectivity index (χ0) is 24.1. The van der Waals surface area contributed by atoms with Gasteiger partial charge < -0.3 is 20.1 Å². The normalized spacial score (nSPS) is 16.4. The Balaban J connectivity index is 1.46. The summed E-state index contributed by atoms with van der Waals surface area (Å²) in [5.41, 5.74) is 3.93. The van der Waals surface area contributed by atoms with Gasteiger partial charge in [0.25, 0.3) is 5.91 Å². The average Bonchev–Trinajstić information content (AvgIpc) is 3.17. The first-order chi connectivity index (χ1) is 16.4. The molecule has 176 valence electrons. The molecule has 1 aliphatic heterocycles. The molecule has 1 amide bonds. The number of rotatable bonds is 8. The van der Waals surface area contributed by atoms with Crippen LogP contribution in [0.5, 0.6) is 11.5 Å². The van der Waals surface area contributed by atoms with Gasteiger partial charge in [-0.3, -0.25) is 4.79 Å². The van der Waals surface area contributed by atoms with Gasteiger partial charge in [-0.05, 0) is 104 Å². The zero-order valence-electron chi connectivity index (χ0n) is 18.7. The molecule has 1 fully saturated rings. The summed E-state index contributed by atoms with van der Waals surface area (Å²) < 4.78 is 13.6. The second-order valence-electron chi connectivity index (χ2n) is 7.62. The summed E-state index contributed by atoms with van der Waals surface area (Å²) in [5.74, 6) is 1.12. The van der Waals surface area contributed by atoms with E-state index in [0.717, 1.165) is 27.7 Å². The van der Waals surface area contributed by atoms with E-state index < -0.39 is 0 Å². The van der Waals surface area contributed by atoms with Crippen molar-refractivity contribution in [3.8, 4) is 11.5 Å². The molecule has 0 spiro atoms. The molecule has 2 N–H and O–H groups in total. The lowest BCUT2D eigenvalue weighted by Crippen LogP contribution is -2.30. The summed E-state index contributed by atoms with van der Waals surface area (Å²) in [6, 6.07) is 20.2. The topological polar surface area (TPSA) is 59.6 Å². The Morgan fingerprint density at radius 2 is 1.82 bits per heavy atom. The lowest BCUT2D eigenvalue weighted by atomic mass is 10.1. The lowest BCUT2D eigenvalue weighted by molar-refractivity contribution is -0.116. The van der Waals surface area contributed by atoms with E-state index in [1.807, 2.05) is 54.6 Å². The first kappa shape index (κ1) is 24.9. The molecule has 0 saturated carbocycles. The number of hydrogen-bond donors (Lipinski definition) is 2. The van der Waals surface area contributed by atoms with E-state index in [1.165, 1.54) is 20.9 Å². The van der Waals surface area contributed by atoms with Crippen LogP contribution in [0.4, 0.5) is 5.69 Å². The van der Waals surface area contributed by atoms with Crippen molar-refractivity contribution in [2.45, 2.75) is 25.4 Å². The Morgan fingerprint density at radius 1 is 1.12 bits per heavy atom. The van der Waals surface area contributed by atoms with Crippen molar-refractivity contribution in [2.24, 2.45) is 0 Å². The third-order valence-corrected chi connectivity index (χ3v) is 7.57. The van der Waals surface area contributed by atoms with Gasteiger partial charge in [-0.25, -0.2) is 0 Å². The number of halogens is 2. The van der Waals surface area contributed by atoms with Crippen LogP contribution in [-0.4, -0.2) is 18.5 Å². The van der Waals surface area contributed by atoms with E-state index in [-0.39, 0.29) is 11.4 Å². The summed E-state index contributed by atoms with van der Waals surface area (Å²) in [6.45, 7) is 2.56. The maximum absolute atomic E-state index is 12.6. The Kier molecular flexibility index (Phi) is 8.44. The maximum Gasteiger partial charge on any atom is 0.260 e. The molecular formula is C26H24BrIN2O3S. The molecule has 34 heavy (non-hydrogen) atoms. The number of hydrogen-bond acceptors (Lipinski definition) is 5. The van der Waals surface area contributed by atoms with Crippen LogP contribution in [0.3, 0.4) is 0 Å². The van der Waals surface area contributed by atoms with Crippen LogP contribution in [0.25, 0.3) is 6.08 Å². The van der Waals surface area contributed by atoms with Crippen LogP contribution in [0.2, 0.25) is 0 Å². The fourth-order valence-electron chi connectivity index (χ4n) is 3.40. The van der Waals surface area contributed by atoms with Crippen molar-refractivity contribution in [1.82, 2.24) is 5.32 Å². The fourth-order valence-corrected chi connectivity index (χ4v) is 5.32. The first-order valence-electron chi connectivity index (χ1n) is 10.7. The smallest absolute Gasteiger partial charge is 0.260 e. The molecule has 0 aliphatic carbocycles. The van der Waals surface area contributed by atoms with Crippen LogP contribution in [0.1, 0.15) is 23.6 Å². The number of ether oxygens (including phenoxy) is 2. The summed E-state index contributed by atoms with van der Waals surface area (Å²) in [7, 11) is 1.61. The molecule has 3 aromatic rings. The van der Waals surface area contributed by atoms with E-state index in [2.05, 4.69) is 68.2 Å². The van der Waals surface area contributed by atoms with E-state index >= 15 is 0 Å². The van der Waals surface area contributed by atoms with Crippen molar-refractivity contribution in [2.75, 3.05) is 12.4 Å². The molecule has 3 aromatic carbocycles. The SMILES string of the molecule is CCc1ccc(N[C@H]2NC(=O)/C(=C/c3cc(Br)c(OCc4ccc(I)cc4)c(OC)c3)S2)cc1. The second kappa shape index (κ2) is 11.5. The van der Waals surface area contributed by atoms with Gasteiger partial charge in [0.05, 0.1) is 16.5 Å². The molecular weight excluding hydrogens is 627 g/mol. The van der Waals surface area contributed by atoms with Crippen LogP contribution in [0.15, 0.2) is 70.0 Å². The third-order valence-electron chi connectivity index (χ3n) is 5.24. The fraction of sp³-hybridized carbons (Fsp3) is 0.192. The quantitative estimate of drug-likeness (QED) is 0.207. The molecule has 5 nitrogen and oxygen atoms in total. The maximum atomic E-state index is 12.6. The highest BCUT2D eigenvalue weighted by Crippen LogP contribution is 2.39. The van der Waals surface area contributed by atoms with Crippen molar-refractivity contribution in [3.05, 3.63) is 90.3 Å². The molecule has 0 radical (unpaired) electrons. The number of methoxy groups -OCH3 is 1. The predicted octanol–water partition coefficient (Wildman–Crippen LogP) is 6.80. The number of carbonyl (C=O) groups is 1. The number of amides is 1. The highest BCUT2D eigenvalue weighted by molar-refractivity contribution is 14.1.